The standard InChI is InChI=1S/C18H19Cl2N/c1-2-11-21-17-10-9-13-12(5-3-6-14(13)17)15-7-4-8-16(19)18(15)20/h3-8,17,21H,2,9-11H2,1H3. The molecule has 110 valence electrons. The molecule has 1 aliphatic rings. The highest BCUT2D eigenvalue weighted by molar-refractivity contribution is 6.43. The number of hydrogen-bond acceptors (Lipinski definition) is 1. The zero-order chi connectivity index (χ0) is 14.8. The van der Waals surface area contributed by atoms with Gasteiger partial charge in [0, 0.05) is 11.6 Å². The average molecular weight is 320 g/mol. The van der Waals surface area contributed by atoms with Crippen LogP contribution in [0.4, 0.5) is 0 Å². The van der Waals surface area contributed by atoms with E-state index in [0.29, 0.717) is 16.1 Å². The molecule has 0 radical (unpaired) electrons. The van der Waals surface area contributed by atoms with Crippen LogP contribution in [0, 0.1) is 0 Å². The average Bonchev–Trinajstić information content (AvgIpc) is 2.91. The second kappa shape index (κ2) is 6.39. The third-order valence-corrected chi connectivity index (χ3v) is 4.97. The summed E-state index contributed by atoms with van der Waals surface area (Å²) in [6, 6.07) is 12.8. The van der Waals surface area contributed by atoms with Crippen molar-refractivity contribution in [3.63, 3.8) is 0 Å². The van der Waals surface area contributed by atoms with Crippen molar-refractivity contribution < 1.29 is 0 Å². The zero-order valence-electron chi connectivity index (χ0n) is 12.1. The van der Waals surface area contributed by atoms with Crippen molar-refractivity contribution in [1.29, 1.82) is 0 Å². The quantitative estimate of drug-likeness (QED) is 0.768. The lowest BCUT2D eigenvalue weighted by Gasteiger charge is -2.15. The van der Waals surface area contributed by atoms with Gasteiger partial charge in [0.05, 0.1) is 10.0 Å². The Morgan fingerprint density at radius 2 is 1.86 bits per heavy atom. The molecule has 0 aromatic heterocycles. The molecule has 21 heavy (non-hydrogen) atoms. The van der Waals surface area contributed by atoms with Crippen molar-refractivity contribution in [2.45, 2.75) is 32.2 Å². The molecule has 2 aromatic rings. The highest BCUT2D eigenvalue weighted by Crippen LogP contribution is 2.41. The molecule has 0 aliphatic heterocycles. The van der Waals surface area contributed by atoms with Gasteiger partial charge in [0.25, 0.3) is 0 Å². The van der Waals surface area contributed by atoms with Gasteiger partial charge in [-0.25, -0.2) is 0 Å². The van der Waals surface area contributed by atoms with E-state index in [9.17, 15) is 0 Å². The molecule has 3 rings (SSSR count). The van der Waals surface area contributed by atoms with E-state index in [1.54, 1.807) is 0 Å². The monoisotopic (exact) mass is 319 g/mol. The number of fused-ring (bicyclic) bond motifs is 1. The molecule has 2 aromatic carbocycles. The molecular formula is C18H19Cl2N. The summed E-state index contributed by atoms with van der Waals surface area (Å²) in [6.45, 7) is 3.26. The molecule has 0 bridgehead atoms. The Kier molecular flexibility index (Phi) is 4.54. The van der Waals surface area contributed by atoms with E-state index in [4.69, 9.17) is 23.2 Å². The highest BCUT2D eigenvalue weighted by Gasteiger charge is 2.25. The normalized spacial score (nSPS) is 17.0. The minimum Gasteiger partial charge on any atom is -0.310 e. The van der Waals surface area contributed by atoms with Crippen LogP contribution in [0.15, 0.2) is 36.4 Å². The number of nitrogens with one attached hydrogen (secondary N) is 1. The molecule has 1 unspecified atom stereocenters. The van der Waals surface area contributed by atoms with Crippen LogP contribution in [-0.4, -0.2) is 6.54 Å². The molecular weight excluding hydrogens is 301 g/mol. The van der Waals surface area contributed by atoms with Gasteiger partial charge >= 0.3 is 0 Å². The lowest BCUT2D eigenvalue weighted by Crippen LogP contribution is -2.19. The van der Waals surface area contributed by atoms with E-state index in [-0.39, 0.29) is 0 Å². The first-order valence-corrected chi connectivity index (χ1v) is 8.27. The van der Waals surface area contributed by atoms with Crippen LogP contribution in [0.5, 0.6) is 0 Å². The van der Waals surface area contributed by atoms with Crippen molar-refractivity contribution in [2.24, 2.45) is 0 Å². The van der Waals surface area contributed by atoms with E-state index >= 15 is 0 Å². The molecule has 0 saturated carbocycles. The maximum absolute atomic E-state index is 6.40. The molecule has 0 heterocycles. The summed E-state index contributed by atoms with van der Waals surface area (Å²) in [7, 11) is 0. The molecule has 1 N–H and O–H groups in total. The van der Waals surface area contributed by atoms with E-state index in [2.05, 4.69) is 36.5 Å². The fraction of sp³-hybridized carbons (Fsp3) is 0.333. The summed E-state index contributed by atoms with van der Waals surface area (Å²) in [6.07, 6.45) is 3.41. The Labute approximate surface area is 136 Å². The summed E-state index contributed by atoms with van der Waals surface area (Å²) in [4.78, 5) is 0. The molecule has 3 heteroatoms. The van der Waals surface area contributed by atoms with Gasteiger partial charge in [-0.1, -0.05) is 60.5 Å². The first-order valence-electron chi connectivity index (χ1n) is 7.52. The van der Waals surface area contributed by atoms with Gasteiger partial charge in [0.1, 0.15) is 0 Å². The minimum absolute atomic E-state index is 0.470. The van der Waals surface area contributed by atoms with Crippen LogP contribution < -0.4 is 5.32 Å². The summed E-state index contributed by atoms with van der Waals surface area (Å²) in [5, 5.41) is 4.90. The fourth-order valence-corrected chi connectivity index (χ4v) is 3.55. The molecule has 0 spiro atoms. The lowest BCUT2D eigenvalue weighted by molar-refractivity contribution is 0.529. The topological polar surface area (TPSA) is 12.0 Å². The Morgan fingerprint density at radius 1 is 1.10 bits per heavy atom. The molecule has 0 fully saturated rings. The first kappa shape index (κ1) is 14.9. The van der Waals surface area contributed by atoms with Crippen LogP contribution in [0.1, 0.15) is 36.9 Å². The summed E-state index contributed by atoms with van der Waals surface area (Å²) in [5.74, 6) is 0. The van der Waals surface area contributed by atoms with Gasteiger partial charge in [-0.3, -0.25) is 0 Å². The maximum atomic E-state index is 6.40. The van der Waals surface area contributed by atoms with Gasteiger partial charge in [-0.15, -0.1) is 0 Å². The van der Waals surface area contributed by atoms with Crippen molar-refractivity contribution in [3.05, 3.63) is 57.6 Å². The number of rotatable bonds is 4. The number of hydrogen-bond donors (Lipinski definition) is 1. The third-order valence-electron chi connectivity index (χ3n) is 4.15. The molecule has 1 nitrogen and oxygen atoms in total. The van der Waals surface area contributed by atoms with E-state index < -0.39 is 0 Å². The molecule has 1 aliphatic carbocycles. The first-order chi connectivity index (χ1) is 10.2. The minimum atomic E-state index is 0.470. The van der Waals surface area contributed by atoms with Crippen LogP contribution in [0.3, 0.4) is 0 Å². The van der Waals surface area contributed by atoms with E-state index in [1.165, 1.54) is 16.7 Å². The van der Waals surface area contributed by atoms with Crippen LogP contribution in [0.25, 0.3) is 11.1 Å². The summed E-state index contributed by atoms with van der Waals surface area (Å²) < 4.78 is 0. The second-order valence-electron chi connectivity index (χ2n) is 5.52. The smallest absolute Gasteiger partial charge is 0.0670 e. The SMILES string of the molecule is CCCNC1CCc2c(-c3cccc(Cl)c3Cl)cccc21. The zero-order valence-corrected chi connectivity index (χ0v) is 13.6. The van der Waals surface area contributed by atoms with Crippen molar-refractivity contribution in [3.8, 4) is 11.1 Å². The van der Waals surface area contributed by atoms with Crippen molar-refractivity contribution >= 4 is 23.2 Å². The molecule has 0 saturated heterocycles. The van der Waals surface area contributed by atoms with Crippen LogP contribution in [-0.2, 0) is 6.42 Å². The van der Waals surface area contributed by atoms with Crippen LogP contribution in [0.2, 0.25) is 10.0 Å². The predicted molar refractivity (Wildman–Crippen MR) is 91.3 cm³/mol. The van der Waals surface area contributed by atoms with E-state index in [0.717, 1.165) is 31.4 Å². The third kappa shape index (κ3) is 2.83. The largest absolute Gasteiger partial charge is 0.310 e. The predicted octanol–water partition coefficient (Wildman–Crippen LogP) is 5.65. The van der Waals surface area contributed by atoms with Gasteiger partial charge in [0.15, 0.2) is 0 Å². The summed E-state index contributed by atoms with van der Waals surface area (Å²) >= 11 is 12.6. The van der Waals surface area contributed by atoms with Gasteiger partial charge in [-0.05, 0) is 48.6 Å². The maximum Gasteiger partial charge on any atom is 0.0670 e. The Hall–Kier alpha value is -1.02. The molecule has 0 amide bonds. The van der Waals surface area contributed by atoms with Crippen LogP contribution >= 0.6 is 23.2 Å². The Morgan fingerprint density at radius 3 is 2.67 bits per heavy atom. The number of benzene rings is 2. The second-order valence-corrected chi connectivity index (χ2v) is 6.31. The molecule has 1 atom stereocenters. The van der Waals surface area contributed by atoms with Gasteiger partial charge < -0.3 is 5.32 Å². The van der Waals surface area contributed by atoms with Gasteiger partial charge in [0.2, 0.25) is 0 Å². The lowest BCUT2D eigenvalue weighted by atomic mass is 9.96. The summed E-state index contributed by atoms with van der Waals surface area (Å²) in [5.41, 5.74) is 5.09. The Bertz CT molecular complexity index is 652. The van der Waals surface area contributed by atoms with Crippen molar-refractivity contribution in [1.82, 2.24) is 5.32 Å². The van der Waals surface area contributed by atoms with Gasteiger partial charge in [-0.2, -0.15) is 0 Å². The highest BCUT2D eigenvalue weighted by atomic mass is 35.5. The van der Waals surface area contributed by atoms with E-state index in [1.807, 2.05) is 12.1 Å². The fourth-order valence-electron chi connectivity index (χ4n) is 3.15. The number of halogens is 2. The Balaban J connectivity index is 2.03. The van der Waals surface area contributed by atoms with Crippen molar-refractivity contribution in [2.75, 3.05) is 6.54 Å².